The number of nitrogens with one attached hydrogen (secondary N) is 1. The van der Waals surface area contributed by atoms with Crippen LogP contribution in [0.1, 0.15) is 5.69 Å². The Labute approximate surface area is 147 Å². The molecular formula is C20H23N3S. The van der Waals surface area contributed by atoms with E-state index in [1.807, 2.05) is 11.8 Å². The number of rotatable bonds is 3. The topological polar surface area (TPSA) is 22.3 Å². The van der Waals surface area contributed by atoms with E-state index >= 15 is 0 Å². The van der Waals surface area contributed by atoms with Gasteiger partial charge in [-0.15, -0.1) is 0 Å². The van der Waals surface area contributed by atoms with Crippen LogP contribution >= 0.6 is 11.8 Å². The van der Waals surface area contributed by atoms with Crippen LogP contribution < -0.4 is 4.90 Å². The van der Waals surface area contributed by atoms with E-state index in [2.05, 4.69) is 77.3 Å². The Hall–Kier alpha value is -1.91. The average Bonchev–Trinajstić information content (AvgIpc) is 2.92. The third-order valence-corrected chi connectivity index (χ3v) is 6.05. The third-order valence-electron chi connectivity index (χ3n) is 4.76. The van der Waals surface area contributed by atoms with E-state index in [0.29, 0.717) is 0 Å². The van der Waals surface area contributed by atoms with Crippen molar-refractivity contribution < 1.29 is 0 Å². The first-order valence-electron chi connectivity index (χ1n) is 8.50. The lowest BCUT2D eigenvalue weighted by atomic mass is 10.2. The molecule has 124 valence electrons. The number of aromatic nitrogens is 1. The fourth-order valence-electron chi connectivity index (χ4n) is 3.34. The van der Waals surface area contributed by atoms with Gasteiger partial charge in [-0.25, -0.2) is 0 Å². The molecule has 1 fully saturated rings. The highest BCUT2D eigenvalue weighted by Gasteiger charge is 2.18. The minimum Gasteiger partial charge on any atom is -0.368 e. The number of hydrogen-bond acceptors (Lipinski definition) is 3. The van der Waals surface area contributed by atoms with Gasteiger partial charge in [-0.3, -0.25) is 0 Å². The van der Waals surface area contributed by atoms with Gasteiger partial charge in [0.2, 0.25) is 0 Å². The van der Waals surface area contributed by atoms with Crippen molar-refractivity contribution in [2.24, 2.45) is 0 Å². The number of aromatic amines is 1. The Bertz CT molecular complexity index is 847. The minimum absolute atomic E-state index is 1.10. The zero-order valence-corrected chi connectivity index (χ0v) is 15.1. The highest BCUT2D eigenvalue weighted by Crippen LogP contribution is 2.40. The summed E-state index contributed by atoms with van der Waals surface area (Å²) in [5, 5.41) is 1.31. The monoisotopic (exact) mass is 337 g/mol. The predicted molar refractivity (Wildman–Crippen MR) is 103 cm³/mol. The molecule has 3 aromatic rings. The summed E-state index contributed by atoms with van der Waals surface area (Å²) < 4.78 is 0. The molecule has 24 heavy (non-hydrogen) atoms. The van der Waals surface area contributed by atoms with Crippen LogP contribution in [0.25, 0.3) is 10.9 Å². The summed E-state index contributed by atoms with van der Waals surface area (Å²) in [6.07, 6.45) is 0. The van der Waals surface area contributed by atoms with Gasteiger partial charge in [-0.1, -0.05) is 42.1 Å². The van der Waals surface area contributed by atoms with E-state index in [1.165, 1.54) is 32.1 Å². The van der Waals surface area contributed by atoms with Crippen molar-refractivity contribution in [1.29, 1.82) is 0 Å². The predicted octanol–water partition coefficient (Wildman–Crippen LogP) is 4.38. The zero-order chi connectivity index (χ0) is 16.5. The summed E-state index contributed by atoms with van der Waals surface area (Å²) in [6, 6.07) is 17.4. The maximum absolute atomic E-state index is 3.51. The largest absolute Gasteiger partial charge is 0.368 e. The fourth-order valence-corrected chi connectivity index (χ4v) is 4.50. The molecule has 0 amide bonds. The van der Waals surface area contributed by atoms with Gasteiger partial charge in [0.15, 0.2) is 0 Å². The smallest absolute Gasteiger partial charge is 0.0508 e. The van der Waals surface area contributed by atoms with Gasteiger partial charge in [-0.05, 0) is 32.2 Å². The van der Waals surface area contributed by atoms with Crippen LogP contribution in [0, 0.1) is 6.92 Å². The van der Waals surface area contributed by atoms with Crippen molar-refractivity contribution in [1.82, 2.24) is 9.88 Å². The Morgan fingerprint density at radius 3 is 2.46 bits per heavy atom. The van der Waals surface area contributed by atoms with Gasteiger partial charge < -0.3 is 14.8 Å². The molecule has 0 spiro atoms. The molecule has 1 aliphatic rings. The fraction of sp³-hybridized carbons (Fsp3) is 0.300. The second kappa shape index (κ2) is 6.54. The molecule has 1 saturated heterocycles. The number of para-hydroxylation sites is 2. The number of anilines is 1. The van der Waals surface area contributed by atoms with Crippen LogP contribution in [0.5, 0.6) is 0 Å². The minimum atomic E-state index is 1.10. The standard InChI is InChI=1S/C20H23N3S/c1-15-20(16-7-3-4-8-17(16)21-15)24-19-10-6-5-9-18(19)23-13-11-22(2)12-14-23/h3-10,21H,11-14H2,1-2H3. The van der Waals surface area contributed by atoms with Crippen molar-refractivity contribution >= 4 is 28.4 Å². The number of benzene rings is 2. The lowest BCUT2D eigenvalue weighted by Crippen LogP contribution is -2.44. The molecule has 2 aromatic carbocycles. The van der Waals surface area contributed by atoms with Crippen molar-refractivity contribution in [3.05, 3.63) is 54.2 Å². The van der Waals surface area contributed by atoms with E-state index in [4.69, 9.17) is 0 Å². The van der Waals surface area contributed by atoms with E-state index in [1.54, 1.807) is 0 Å². The summed E-state index contributed by atoms with van der Waals surface area (Å²) in [5.41, 5.74) is 3.82. The summed E-state index contributed by atoms with van der Waals surface area (Å²) in [7, 11) is 2.20. The number of hydrogen-bond donors (Lipinski definition) is 1. The molecular weight excluding hydrogens is 314 g/mol. The lowest BCUT2D eigenvalue weighted by Gasteiger charge is -2.35. The number of H-pyrrole nitrogens is 1. The Morgan fingerprint density at radius 1 is 0.917 bits per heavy atom. The number of aryl methyl sites for hydroxylation is 1. The Morgan fingerprint density at radius 2 is 1.62 bits per heavy atom. The zero-order valence-electron chi connectivity index (χ0n) is 14.2. The van der Waals surface area contributed by atoms with Gasteiger partial charge in [0.05, 0.1) is 5.69 Å². The molecule has 2 heterocycles. The molecule has 0 aliphatic carbocycles. The first-order valence-corrected chi connectivity index (χ1v) is 9.32. The van der Waals surface area contributed by atoms with Crippen LogP contribution in [-0.2, 0) is 0 Å². The normalized spacial score (nSPS) is 16.0. The number of nitrogens with zero attached hydrogens (tertiary/aromatic N) is 2. The number of piperazine rings is 1. The number of likely N-dealkylation sites (N-methyl/N-ethyl adjacent to an activating group) is 1. The highest BCUT2D eigenvalue weighted by molar-refractivity contribution is 7.99. The molecule has 0 bridgehead atoms. The van der Waals surface area contributed by atoms with E-state index < -0.39 is 0 Å². The van der Waals surface area contributed by atoms with Crippen molar-refractivity contribution in [2.45, 2.75) is 16.7 Å². The van der Waals surface area contributed by atoms with Crippen LogP contribution in [0.2, 0.25) is 0 Å². The van der Waals surface area contributed by atoms with Crippen LogP contribution in [0.4, 0.5) is 5.69 Å². The van der Waals surface area contributed by atoms with E-state index in [0.717, 1.165) is 26.2 Å². The molecule has 4 rings (SSSR count). The van der Waals surface area contributed by atoms with Gasteiger partial charge in [0.25, 0.3) is 0 Å². The van der Waals surface area contributed by atoms with Crippen molar-refractivity contribution in [3.63, 3.8) is 0 Å². The average molecular weight is 337 g/mol. The molecule has 3 nitrogen and oxygen atoms in total. The molecule has 1 aliphatic heterocycles. The highest BCUT2D eigenvalue weighted by atomic mass is 32.2. The molecule has 1 aromatic heterocycles. The SMILES string of the molecule is Cc1[nH]c2ccccc2c1Sc1ccccc1N1CCN(C)CC1. The maximum Gasteiger partial charge on any atom is 0.0508 e. The van der Waals surface area contributed by atoms with Gasteiger partial charge in [-0.2, -0.15) is 0 Å². The molecule has 4 heteroatoms. The molecule has 0 radical (unpaired) electrons. The van der Waals surface area contributed by atoms with Gasteiger partial charge in [0.1, 0.15) is 0 Å². The third kappa shape index (κ3) is 2.92. The van der Waals surface area contributed by atoms with E-state index in [-0.39, 0.29) is 0 Å². The van der Waals surface area contributed by atoms with Gasteiger partial charge in [0, 0.05) is 52.6 Å². The summed E-state index contributed by atoms with van der Waals surface area (Å²) in [6.45, 7) is 6.62. The summed E-state index contributed by atoms with van der Waals surface area (Å²) in [5.74, 6) is 0. The first-order chi connectivity index (χ1) is 11.7. The Balaban J connectivity index is 1.68. The van der Waals surface area contributed by atoms with Crippen LogP contribution in [0.15, 0.2) is 58.3 Å². The van der Waals surface area contributed by atoms with Crippen LogP contribution in [0.3, 0.4) is 0 Å². The van der Waals surface area contributed by atoms with Crippen molar-refractivity contribution in [2.75, 3.05) is 38.1 Å². The van der Waals surface area contributed by atoms with Gasteiger partial charge >= 0.3 is 0 Å². The Kier molecular flexibility index (Phi) is 4.25. The lowest BCUT2D eigenvalue weighted by molar-refractivity contribution is 0.312. The van der Waals surface area contributed by atoms with Crippen LogP contribution in [-0.4, -0.2) is 43.1 Å². The quantitative estimate of drug-likeness (QED) is 0.767. The maximum atomic E-state index is 3.51. The second-order valence-electron chi connectivity index (χ2n) is 6.48. The molecule has 0 saturated carbocycles. The first kappa shape index (κ1) is 15.6. The molecule has 0 atom stereocenters. The summed E-state index contributed by atoms with van der Waals surface area (Å²) in [4.78, 5) is 11.1. The number of fused-ring (bicyclic) bond motifs is 1. The molecule has 0 unspecified atom stereocenters. The van der Waals surface area contributed by atoms with Crippen molar-refractivity contribution in [3.8, 4) is 0 Å². The second-order valence-corrected chi connectivity index (χ2v) is 7.54. The summed E-state index contributed by atoms with van der Waals surface area (Å²) >= 11 is 1.88. The van der Waals surface area contributed by atoms with E-state index in [9.17, 15) is 0 Å². The molecule has 1 N–H and O–H groups in total.